The van der Waals surface area contributed by atoms with Crippen LogP contribution in [0.5, 0.6) is 0 Å². The van der Waals surface area contributed by atoms with Crippen molar-refractivity contribution in [1.29, 1.82) is 0 Å². The van der Waals surface area contributed by atoms with Gasteiger partial charge < -0.3 is 11.1 Å². The summed E-state index contributed by atoms with van der Waals surface area (Å²) in [5.41, 5.74) is 6.36. The van der Waals surface area contributed by atoms with Crippen molar-refractivity contribution in [3.8, 4) is 0 Å². The number of nitrogens with zero attached hydrogens (tertiary/aromatic N) is 1. The minimum atomic E-state index is -0.209. The first kappa shape index (κ1) is 9.25. The maximum absolute atomic E-state index is 11.4. The van der Waals surface area contributed by atoms with Crippen LogP contribution in [0.1, 0.15) is 10.4 Å². The Labute approximate surface area is 76.5 Å². The minimum absolute atomic E-state index is 0.209. The van der Waals surface area contributed by atoms with Gasteiger partial charge in [0.25, 0.3) is 5.91 Å². The fraction of sp³-hybridized carbons (Fsp3) is 0.111. The Morgan fingerprint density at radius 2 is 2.54 bits per heavy atom. The molecular formula is C9H11N3O. The molecule has 0 atom stereocenters. The Hall–Kier alpha value is -1.84. The minimum Gasteiger partial charge on any atom is -0.397 e. The van der Waals surface area contributed by atoms with Gasteiger partial charge in [-0.25, -0.2) is 0 Å². The maximum Gasteiger partial charge on any atom is 0.253 e. The predicted molar refractivity (Wildman–Crippen MR) is 51.2 cm³/mol. The number of amides is 1. The van der Waals surface area contributed by atoms with Gasteiger partial charge in [0.05, 0.1) is 17.4 Å². The normalized spacial score (nSPS) is 9.23. The van der Waals surface area contributed by atoms with Crippen molar-refractivity contribution in [2.75, 3.05) is 12.3 Å². The van der Waals surface area contributed by atoms with Gasteiger partial charge in [0.1, 0.15) is 0 Å². The number of carbonyl (C=O) groups is 1. The third-order valence-corrected chi connectivity index (χ3v) is 1.50. The predicted octanol–water partition coefficient (Wildman–Crippen LogP) is 0.580. The van der Waals surface area contributed by atoms with Crippen molar-refractivity contribution in [3.63, 3.8) is 0 Å². The van der Waals surface area contributed by atoms with Crippen molar-refractivity contribution >= 4 is 11.6 Å². The molecule has 0 aliphatic carbocycles. The first-order chi connectivity index (χ1) is 6.25. The van der Waals surface area contributed by atoms with Crippen molar-refractivity contribution in [2.45, 2.75) is 0 Å². The first-order valence-electron chi connectivity index (χ1n) is 3.84. The molecule has 0 bridgehead atoms. The molecular weight excluding hydrogens is 166 g/mol. The molecule has 0 fully saturated rings. The Kier molecular flexibility index (Phi) is 3.03. The third kappa shape index (κ3) is 2.30. The fourth-order valence-electron chi connectivity index (χ4n) is 0.874. The molecule has 13 heavy (non-hydrogen) atoms. The van der Waals surface area contributed by atoms with Crippen molar-refractivity contribution in [1.82, 2.24) is 10.3 Å². The van der Waals surface area contributed by atoms with Crippen molar-refractivity contribution < 1.29 is 4.79 Å². The van der Waals surface area contributed by atoms with Gasteiger partial charge in [-0.15, -0.1) is 6.58 Å². The molecule has 4 heteroatoms. The summed E-state index contributed by atoms with van der Waals surface area (Å²) in [6, 6.07) is 1.58. The average molecular weight is 177 g/mol. The molecule has 1 aromatic heterocycles. The van der Waals surface area contributed by atoms with Crippen LogP contribution in [0.25, 0.3) is 0 Å². The molecule has 0 saturated heterocycles. The number of aromatic nitrogens is 1. The Bertz CT molecular complexity index is 322. The number of pyridine rings is 1. The molecule has 1 aromatic rings. The lowest BCUT2D eigenvalue weighted by atomic mass is 10.2. The van der Waals surface area contributed by atoms with Crippen LogP contribution >= 0.6 is 0 Å². The zero-order valence-electron chi connectivity index (χ0n) is 7.16. The van der Waals surface area contributed by atoms with Crippen LogP contribution in [0.15, 0.2) is 31.1 Å². The number of hydrogen-bond donors (Lipinski definition) is 2. The van der Waals surface area contributed by atoms with E-state index in [0.29, 0.717) is 17.8 Å². The van der Waals surface area contributed by atoms with Crippen LogP contribution in [0.4, 0.5) is 5.69 Å². The smallest absolute Gasteiger partial charge is 0.253 e. The zero-order valence-corrected chi connectivity index (χ0v) is 7.16. The summed E-state index contributed by atoms with van der Waals surface area (Å²) in [4.78, 5) is 15.1. The van der Waals surface area contributed by atoms with Crippen LogP contribution in [-0.2, 0) is 0 Å². The summed E-state index contributed by atoms with van der Waals surface area (Å²) in [5, 5.41) is 2.62. The average Bonchev–Trinajstić information content (AvgIpc) is 2.15. The standard InChI is InChI=1S/C9H11N3O/c1-2-4-12-9(13)7-3-5-11-6-8(7)10/h2-3,5-6H,1,4,10H2,(H,12,13). The van der Waals surface area contributed by atoms with Gasteiger partial charge in [-0.3, -0.25) is 9.78 Å². The molecule has 0 saturated carbocycles. The van der Waals surface area contributed by atoms with E-state index in [1.807, 2.05) is 0 Å². The van der Waals surface area contributed by atoms with Gasteiger partial charge in [-0.05, 0) is 6.07 Å². The Balaban J connectivity index is 2.76. The van der Waals surface area contributed by atoms with E-state index >= 15 is 0 Å². The van der Waals surface area contributed by atoms with E-state index in [9.17, 15) is 4.79 Å². The van der Waals surface area contributed by atoms with Crippen molar-refractivity contribution in [3.05, 3.63) is 36.7 Å². The second-order valence-electron chi connectivity index (χ2n) is 2.46. The van der Waals surface area contributed by atoms with E-state index in [1.165, 1.54) is 12.4 Å². The van der Waals surface area contributed by atoms with Gasteiger partial charge in [0, 0.05) is 12.7 Å². The monoisotopic (exact) mass is 177 g/mol. The van der Waals surface area contributed by atoms with Crippen LogP contribution < -0.4 is 11.1 Å². The number of rotatable bonds is 3. The highest BCUT2D eigenvalue weighted by molar-refractivity contribution is 5.98. The van der Waals surface area contributed by atoms with E-state index < -0.39 is 0 Å². The Morgan fingerprint density at radius 1 is 1.77 bits per heavy atom. The summed E-state index contributed by atoms with van der Waals surface area (Å²) in [6.45, 7) is 3.92. The van der Waals surface area contributed by atoms with Gasteiger partial charge >= 0.3 is 0 Å². The SMILES string of the molecule is C=CCNC(=O)c1ccncc1N. The van der Waals surface area contributed by atoms with Gasteiger partial charge in [-0.1, -0.05) is 6.08 Å². The second-order valence-corrected chi connectivity index (χ2v) is 2.46. The molecule has 0 unspecified atom stereocenters. The first-order valence-corrected chi connectivity index (χ1v) is 3.84. The lowest BCUT2D eigenvalue weighted by molar-refractivity contribution is 0.0959. The molecule has 1 rings (SSSR count). The van der Waals surface area contributed by atoms with Crippen LogP contribution in [0, 0.1) is 0 Å². The Morgan fingerprint density at radius 3 is 3.15 bits per heavy atom. The van der Waals surface area contributed by atoms with E-state index in [1.54, 1.807) is 12.1 Å². The lowest BCUT2D eigenvalue weighted by Gasteiger charge is -2.03. The van der Waals surface area contributed by atoms with Crippen LogP contribution in [0.3, 0.4) is 0 Å². The molecule has 0 aliphatic heterocycles. The highest BCUT2D eigenvalue weighted by atomic mass is 16.1. The summed E-state index contributed by atoms with van der Waals surface area (Å²) >= 11 is 0. The van der Waals surface area contributed by atoms with Crippen LogP contribution in [0.2, 0.25) is 0 Å². The summed E-state index contributed by atoms with van der Waals surface area (Å²) < 4.78 is 0. The van der Waals surface area contributed by atoms with E-state index in [4.69, 9.17) is 5.73 Å². The molecule has 3 N–H and O–H groups in total. The summed E-state index contributed by atoms with van der Waals surface area (Å²) in [7, 11) is 0. The van der Waals surface area contributed by atoms with Crippen LogP contribution in [-0.4, -0.2) is 17.4 Å². The third-order valence-electron chi connectivity index (χ3n) is 1.50. The number of nitrogens with two attached hydrogens (primary N) is 1. The summed E-state index contributed by atoms with van der Waals surface area (Å²) in [5.74, 6) is -0.209. The molecule has 4 nitrogen and oxygen atoms in total. The molecule has 0 aliphatic rings. The topological polar surface area (TPSA) is 68.0 Å². The largest absolute Gasteiger partial charge is 0.397 e. The number of nitrogen functional groups attached to an aromatic ring is 1. The zero-order chi connectivity index (χ0) is 9.68. The molecule has 0 aromatic carbocycles. The molecule has 1 amide bonds. The molecule has 0 radical (unpaired) electrons. The van der Waals surface area contributed by atoms with E-state index in [0.717, 1.165) is 0 Å². The highest BCUT2D eigenvalue weighted by Crippen LogP contribution is 2.07. The maximum atomic E-state index is 11.4. The van der Waals surface area contributed by atoms with Gasteiger partial charge in [-0.2, -0.15) is 0 Å². The van der Waals surface area contributed by atoms with Gasteiger partial charge in [0.15, 0.2) is 0 Å². The quantitative estimate of drug-likeness (QED) is 0.663. The number of carbonyl (C=O) groups excluding carboxylic acids is 1. The lowest BCUT2D eigenvalue weighted by Crippen LogP contribution is -2.24. The molecule has 0 spiro atoms. The highest BCUT2D eigenvalue weighted by Gasteiger charge is 2.06. The molecule has 1 heterocycles. The van der Waals surface area contributed by atoms with Gasteiger partial charge in [0.2, 0.25) is 0 Å². The molecule has 68 valence electrons. The summed E-state index contributed by atoms with van der Waals surface area (Å²) in [6.07, 6.45) is 4.58. The number of anilines is 1. The van der Waals surface area contributed by atoms with Crippen molar-refractivity contribution in [2.24, 2.45) is 0 Å². The van der Waals surface area contributed by atoms with E-state index in [2.05, 4.69) is 16.9 Å². The van der Waals surface area contributed by atoms with E-state index in [-0.39, 0.29) is 5.91 Å². The fourth-order valence-corrected chi connectivity index (χ4v) is 0.874. The second kappa shape index (κ2) is 4.25. The number of nitrogens with one attached hydrogen (secondary N) is 1. The number of hydrogen-bond acceptors (Lipinski definition) is 3.